The Morgan fingerprint density at radius 2 is 1.55 bits per heavy atom. The first-order chi connectivity index (χ1) is 16.0. The van der Waals surface area contributed by atoms with Crippen molar-refractivity contribution in [2.24, 2.45) is 5.92 Å². The quantitative estimate of drug-likeness (QED) is 0.452. The fourth-order valence-corrected chi connectivity index (χ4v) is 4.02. The standard InChI is InChI=1S/C27H33NO5/c1-28(14-12-19-8-11-24(30-2)25(15-19)31-3)13-6-7-20-9-10-21-17-26(32-4)27(33-5)18-22(21)16-23(20)29/h8,11,15,17-18,20H,9-10,12-14,16H2,1-5H3. The monoisotopic (exact) mass is 451 g/mol. The van der Waals surface area contributed by atoms with Crippen molar-refractivity contribution in [2.45, 2.75) is 25.7 Å². The van der Waals surface area contributed by atoms with Crippen LogP contribution in [0.1, 0.15) is 23.1 Å². The highest BCUT2D eigenvalue weighted by Gasteiger charge is 2.24. The lowest BCUT2D eigenvalue weighted by Crippen LogP contribution is -2.22. The van der Waals surface area contributed by atoms with Gasteiger partial charge >= 0.3 is 0 Å². The third-order valence-electron chi connectivity index (χ3n) is 6.02. The Balaban J connectivity index is 1.56. The van der Waals surface area contributed by atoms with E-state index in [-0.39, 0.29) is 11.7 Å². The van der Waals surface area contributed by atoms with Crippen LogP contribution in [0.15, 0.2) is 30.3 Å². The summed E-state index contributed by atoms with van der Waals surface area (Å²) in [6.07, 6.45) is 2.78. The van der Waals surface area contributed by atoms with Crippen molar-refractivity contribution in [3.05, 3.63) is 47.0 Å². The predicted octanol–water partition coefficient (Wildman–Crippen LogP) is 3.57. The molecule has 0 fully saturated rings. The highest BCUT2D eigenvalue weighted by molar-refractivity contribution is 5.87. The second-order valence-electron chi connectivity index (χ2n) is 8.21. The summed E-state index contributed by atoms with van der Waals surface area (Å²) in [6.45, 7) is 1.47. The molecule has 6 nitrogen and oxygen atoms in total. The van der Waals surface area contributed by atoms with E-state index in [0.717, 1.165) is 48.4 Å². The maximum atomic E-state index is 12.8. The van der Waals surface area contributed by atoms with E-state index in [1.807, 2.05) is 37.4 Å². The molecule has 2 aromatic carbocycles. The number of Topliss-reactive ketones (excluding diaryl/α,β-unsaturated/α-hetero) is 1. The fraction of sp³-hybridized carbons (Fsp3) is 0.444. The van der Waals surface area contributed by atoms with Crippen molar-refractivity contribution in [3.63, 3.8) is 0 Å². The molecule has 0 N–H and O–H groups in total. The molecule has 0 bridgehead atoms. The van der Waals surface area contributed by atoms with Crippen LogP contribution >= 0.6 is 0 Å². The van der Waals surface area contributed by atoms with Gasteiger partial charge in [0.25, 0.3) is 0 Å². The average molecular weight is 452 g/mol. The van der Waals surface area contributed by atoms with E-state index in [2.05, 4.69) is 16.7 Å². The Bertz CT molecular complexity index is 1040. The molecule has 176 valence electrons. The van der Waals surface area contributed by atoms with Gasteiger partial charge in [0.1, 0.15) is 0 Å². The zero-order chi connectivity index (χ0) is 23.8. The van der Waals surface area contributed by atoms with Crippen molar-refractivity contribution < 1.29 is 23.7 Å². The number of aryl methyl sites for hydroxylation is 1. The van der Waals surface area contributed by atoms with Gasteiger partial charge < -0.3 is 18.9 Å². The second kappa shape index (κ2) is 11.6. The smallest absolute Gasteiger partial charge is 0.161 e. The predicted molar refractivity (Wildman–Crippen MR) is 129 cm³/mol. The number of fused-ring (bicyclic) bond motifs is 1. The molecule has 0 aromatic heterocycles. The van der Waals surface area contributed by atoms with Crippen LogP contribution in [0.5, 0.6) is 23.0 Å². The van der Waals surface area contributed by atoms with Gasteiger partial charge in [0.05, 0.1) is 40.9 Å². The van der Waals surface area contributed by atoms with Crippen molar-refractivity contribution in [1.29, 1.82) is 0 Å². The SMILES string of the molecule is COc1ccc(CCN(C)CC#CC2CCc3cc(OC)c(OC)cc3CC2=O)cc1OC. The molecule has 0 spiro atoms. The van der Waals surface area contributed by atoms with Crippen LogP contribution in [-0.2, 0) is 24.1 Å². The zero-order valence-electron chi connectivity index (χ0n) is 20.2. The maximum Gasteiger partial charge on any atom is 0.161 e. The Kier molecular flexibility index (Phi) is 8.62. The molecule has 0 amide bonds. The molecule has 1 atom stereocenters. The fourth-order valence-electron chi connectivity index (χ4n) is 4.02. The van der Waals surface area contributed by atoms with Crippen molar-refractivity contribution in [1.82, 2.24) is 4.90 Å². The number of hydrogen-bond acceptors (Lipinski definition) is 6. The summed E-state index contributed by atoms with van der Waals surface area (Å²) >= 11 is 0. The molecule has 0 saturated heterocycles. The summed E-state index contributed by atoms with van der Waals surface area (Å²) in [5, 5.41) is 0. The van der Waals surface area contributed by atoms with Gasteiger partial charge in [-0.3, -0.25) is 9.69 Å². The first-order valence-corrected chi connectivity index (χ1v) is 11.1. The summed E-state index contributed by atoms with van der Waals surface area (Å²) in [5.41, 5.74) is 3.32. The van der Waals surface area contributed by atoms with Crippen molar-refractivity contribution in [3.8, 4) is 34.8 Å². The summed E-state index contributed by atoms with van der Waals surface area (Å²) in [5.74, 6) is 9.20. The molecule has 6 heteroatoms. The molecule has 1 aliphatic carbocycles. The number of carbonyl (C=O) groups excluding carboxylic acids is 1. The van der Waals surface area contributed by atoms with Crippen LogP contribution in [0.3, 0.4) is 0 Å². The van der Waals surface area contributed by atoms with Crippen LogP contribution in [0, 0.1) is 17.8 Å². The molecule has 0 heterocycles. The lowest BCUT2D eigenvalue weighted by atomic mass is 9.99. The van der Waals surface area contributed by atoms with E-state index in [0.29, 0.717) is 24.5 Å². The first-order valence-electron chi connectivity index (χ1n) is 11.1. The largest absolute Gasteiger partial charge is 0.493 e. The molecule has 0 radical (unpaired) electrons. The molecule has 0 saturated carbocycles. The second-order valence-corrected chi connectivity index (χ2v) is 8.21. The minimum absolute atomic E-state index is 0.168. The van der Waals surface area contributed by atoms with Gasteiger partial charge in [0.2, 0.25) is 0 Å². The Morgan fingerprint density at radius 1 is 0.909 bits per heavy atom. The van der Waals surface area contributed by atoms with Crippen LogP contribution in [-0.4, -0.2) is 59.3 Å². The Morgan fingerprint density at radius 3 is 2.21 bits per heavy atom. The van der Waals surface area contributed by atoms with Gasteiger partial charge in [0.15, 0.2) is 28.8 Å². The van der Waals surface area contributed by atoms with E-state index >= 15 is 0 Å². The number of methoxy groups -OCH3 is 4. The number of ketones is 1. The first kappa shape index (κ1) is 24.5. The third kappa shape index (κ3) is 6.21. The van der Waals surface area contributed by atoms with Crippen molar-refractivity contribution in [2.75, 3.05) is 48.6 Å². The van der Waals surface area contributed by atoms with Crippen LogP contribution in [0.2, 0.25) is 0 Å². The van der Waals surface area contributed by atoms with Gasteiger partial charge in [-0.1, -0.05) is 17.9 Å². The summed E-state index contributed by atoms with van der Waals surface area (Å²) in [6, 6.07) is 9.88. The van der Waals surface area contributed by atoms with E-state index in [9.17, 15) is 4.79 Å². The highest BCUT2D eigenvalue weighted by Crippen LogP contribution is 2.34. The van der Waals surface area contributed by atoms with Gasteiger partial charge in [-0.05, 0) is 67.3 Å². The minimum Gasteiger partial charge on any atom is -0.493 e. The average Bonchev–Trinajstić information content (AvgIpc) is 2.99. The topological polar surface area (TPSA) is 57.2 Å². The van der Waals surface area contributed by atoms with Crippen LogP contribution in [0.25, 0.3) is 0 Å². The molecule has 3 rings (SSSR count). The number of hydrogen-bond donors (Lipinski definition) is 0. The lowest BCUT2D eigenvalue weighted by molar-refractivity contribution is -0.120. The van der Waals surface area contributed by atoms with Gasteiger partial charge in [0, 0.05) is 13.0 Å². The molecule has 33 heavy (non-hydrogen) atoms. The lowest BCUT2D eigenvalue weighted by Gasteiger charge is -2.14. The number of ether oxygens (including phenoxy) is 4. The molecule has 0 aliphatic heterocycles. The van der Waals surface area contributed by atoms with Crippen LogP contribution < -0.4 is 18.9 Å². The summed E-state index contributed by atoms with van der Waals surface area (Å²) in [4.78, 5) is 15.0. The summed E-state index contributed by atoms with van der Waals surface area (Å²) in [7, 11) is 8.55. The van der Waals surface area contributed by atoms with Gasteiger partial charge in [-0.15, -0.1) is 0 Å². The number of carbonyl (C=O) groups is 1. The Labute approximate surface area is 196 Å². The van der Waals surface area contributed by atoms with E-state index < -0.39 is 0 Å². The molecule has 1 unspecified atom stereocenters. The van der Waals surface area contributed by atoms with E-state index in [1.165, 1.54) is 5.56 Å². The molecule has 1 aliphatic rings. The molecular weight excluding hydrogens is 418 g/mol. The normalized spacial score (nSPS) is 15.2. The minimum atomic E-state index is -0.242. The molecule has 2 aromatic rings. The Hall–Kier alpha value is -3.17. The number of likely N-dealkylation sites (N-methyl/N-ethyl adjacent to an activating group) is 1. The maximum absolute atomic E-state index is 12.8. The van der Waals surface area contributed by atoms with Crippen LogP contribution in [0.4, 0.5) is 0 Å². The third-order valence-corrected chi connectivity index (χ3v) is 6.02. The van der Waals surface area contributed by atoms with E-state index in [1.54, 1.807) is 28.4 Å². The van der Waals surface area contributed by atoms with Crippen molar-refractivity contribution >= 4 is 5.78 Å². The van der Waals surface area contributed by atoms with E-state index in [4.69, 9.17) is 18.9 Å². The van der Waals surface area contributed by atoms with Gasteiger partial charge in [-0.25, -0.2) is 0 Å². The number of rotatable bonds is 8. The van der Waals surface area contributed by atoms with Gasteiger partial charge in [-0.2, -0.15) is 0 Å². The zero-order valence-corrected chi connectivity index (χ0v) is 20.2. The molecular formula is C27H33NO5. The number of nitrogens with zero attached hydrogens (tertiary/aromatic N) is 1. The summed E-state index contributed by atoms with van der Waals surface area (Å²) < 4.78 is 21.5. The highest BCUT2D eigenvalue weighted by atomic mass is 16.5. The number of benzene rings is 2.